The van der Waals surface area contributed by atoms with Crippen LogP contribution in [-0.2, 0) is 11.2 Å². The number of hydrogen-bond acceptors (Lipinski definition) is 3. The van der Waals surface area contributed by atoms with Gasteiger partial charge in [0.15, 0.2) is 0 Å². The molecule has 2 rings (SSSR count). The van der Waals surface area contributed by atoms with Crippen LogP contribution in [0.3, 0.4) is 0 Å². The van der Waals surface area contributed by atoms with Gasteiger partial charge in [0.05, 0.1) is 18.8 Å². The molecule has 4 heteroatoms. The Morgan fingerprint density at radius 3 is 3.06 bits per heavy atom. The lowest BCUT2D eigenvalue weighted by atomic mass is 10.1. The van der Waals surface area contributed by atoms with E-state index >= 15 is 0 Å². The zero-order chi connectivity index (χ0) is 11.5. The monoisotopic (exact) mass is 221 g/mol. The van der Waals surface area contributed by atoms with E-state index in [0.717, 1.165) is 11.1 Å². The molecule has 1 aliphatic carbocycles. The van der Waals surface area contributed by atoms with E-state index in [-0.39, 0.29) is 6.04 Å². The van der Waals surface area contributed by atoms with Crippen LogP contribution in [-0.4, -0.2) is 23.9 Å². The van der Waals surface area contributed by atoms with Crippen LogP contribution in [0.25, 0.3) is 0 Å². The van der Waals surface area contributed by atoms with Gasteiger partial charge in [-0.3, -0.25) is 0 Å². The summed E-state index contributed by atoms with van der Waals surface area (Å²) in [6.45, 7) is 2.08. The van der Waals surface area contributed by atoms with Gasteiger partial charge in [-0.1, -0.05) is 24.3 Å². The summed E-state index contributed by atoms with van der Waals surface area (Å²) in [7, 11) is 0. The molecule has 1 aromatic carbocycles. The molecule has 0 heterocycles. The van der Waals surface area contributed by atoms with Gasteiger partial charge < -0.3 is 15.2 Å². The van der Waals surface area contributed by atoms with E-state index in [2.05, 4.69) is 5.32 Å². The molecular formula is C12H15NO3. The van der Waals surface area contributed by atoms with Gasteiger partial charge in [-0.15, -0.1) is 0 Å². The number of carbonyl (C=O) groups excluding carboxylic acids is 1. The predicted molar refractivity (Wildman–Crippen MR) is 59.1 cm³/mol. The zero-order valence-corrected chi connectivity index (χ0v) is 9.14. The Bertz CT molecular complexity index is 392. The quantitative estimate of drug-likeness (QED) is 0.793. The summed E-state index contributed by atoms with van der Waals surface area (Å²) in [5, 5.41) is 12.5. The lowest BCUT2D eigenvalue weighted by Crippen LogP contribution is -2.34. The van der Waals surface area contributed by atoms with Crippen LogP contribution in [0, 0.1) is 0 Å². The van der Waals surface area contributed by atoms with Crippen LogP contribution in [0.2, 0.25) is 0 Å². The van der Waals surface area contributed by atoms with E-state index in [4.69, 9.17) is 4.74 Å². The van der Waals surface area contributed by atoms with Crippen LogP contribution < -0.4 is 5.32 Å². The minimum Gasteiger partial charge on any atom is -0.450 e. The molecule has 0 radical (unpaired) electrons. The second kappa shape index (κ2) is 4.53. The van der Waals surface area contributed by atoms with E-state index in [9.17, 15) is 9.90 Å². The van der Waals surface area contributed by atoms with E-state index in [1.54, 1.807) is 6.92 Å². The number of rotatable bonds is 2. The molecule has 2 atom stereocenters. The van der Waals surface area contributed by atoms with Crippen LogP contribution in [0.15, 0.2) is 24.3 Å². The van der Waals surface area contributed by atoms with Crippen LogP contribution in [0.5, 0.6) is 0 Å². The van der Waals surface area contributed by atoms with Gasteiger partial charge in [0.25, 0.3) is 0 Å². The summed E-state index contributed by atoms with van der Waals surface area (Å²) >= 11 is 0. The smallest absolute Gasteiger partial charge is 0.407 e. The number of carbonyl (C=O) groups is 1. The maximum atomic E-state index is 11.3. The molecule has 1 aliphatic rings. The van der Waals surface area contributed by atoms with Gasteiger partial charge in [0, 0.05) is 6.42 Å². The third kappa shape index (κ3) is 2.02. The molecule has 1 amide bonds. The standard InChI is InChI=1S/C12H15NO3/c1-2-16-12(15)13-11-9-6-4-3-5-8(9)7-10(11)14/h3-6,10-11,14H,2,7H2,1H3,(H,13,15). The van der Waals surface area contributed by atoms with Crippen molar-refractivity contribution in [1.29, 1.82) is 0 Å². The van der Waals surface area contributed by atoms with E-state index in [1.807, 2.05) is 24.3 Å². The Kier molecular flexibility index (Phi) is 3.10. The van der Waals surface area contributed by atoms with Crippen molar-refractivity contribution in [3.63, 3.8) is 0 Å². The van der Waals surface area contributed by atoms with Crippen molar-refractivity contribution in [2.24, 2.45) is 0 Å². The summed E-state index contributed by atoms with van der Waals surface area (Å²) in [5.41, 5.74) is 2.06. The molecule has 4 nitrogen and oxygen atoms in total. The zero-order valence-electron chi connectivity index (χ0n) is 9.14. The minimum atomic E-state index is -0.568. The van der Waals surface area contributed by atoms with Crippen LogP contribution in [0.1, 0.15) is 24.1 Å². The lowest BCUT2D eigenvalue weighted by Gasteiger charge is -2.17. The van der Waals surface area contributed by atoms with Gasteiger partial charge in [-0.05, 0) is 18.1 Å². The van der Waals surface area contributed by atoms with Crippen LogP contribution >= 0.6 is 0 Å². The molecule has 0 saturated carbocycles. The van der Waals surface area contributed by atoms with Gasteiger partial charge in [0.1, 0.15) is 0 Å². The predicted octanol–water partition coefficient (Wildman–Crippen LogP) is 1.39. The normalized spacial score (nSPS) is 22.6. The molecule has 86 valence electrons. The van der Waals surface area contributed by atoms with Crippen molar-refractivity contribution < 1.29 is 14.6 Å². The number of aliphatic hydroxyl groups excluding tert-OH is 1. The second-order valence-corrected chi connectivity index (χ2v) is 3.81. The Morgan fingerprint density at radius 2 is 2.31 bits per heavy atom. The Morgan fingerprint density at radius 1 is 1.56 bits per heavy atom. The first-order chi connectivity index (χ1) is 7.72. The van der Waals surface area contributed by atoms with Crippen molar-refractivity contribution in [2.75, 3.05) is 6.61 Å². The number of fused-ring (bicyclic) bond motifs is 1. The second-order valence-electron chi connectivity index (χ2n) is 3.81. The van der Waals surface area contributed by atoms with E-state index < -0.39 is 12.2 Å². The fraction of sp³-hybridized carbons (Fsp3) is 0.417. The fourth-order valence-electron chi connectivity index (χ4n) is 2.05. The molecule has 0 spiro atoms. The third-order valence-electron chi connectivity index (χ3n) is 2.75. The van der Waals surface area contributed by atoms with Crippen molar-refractivity contribution in [2.45, 2.75) is 25.5 Å². The van der Waals surface area contributed by atoms with Gasteiger partial charge in [-0.25, -0.2) is 4.79 Å². The average Bonchev–Trinajstić information content (AvgIpc) is 2.56. The highest BCUT2D eigenvalue weighted by atomic mass is 16.5. The molecule has 2 unspecified atom stereocenters. The molecule has 0 aliphatic heterocycles. The number of nitrogens with one attached hydrogen (secondary N) is 1. The number of ether oxygens (including phenoxy) is 1. The van der Waals surface area contributed by atoms with Crippen LogP contribution in [0.4, 0.5) is 4.79 Å². The summed E-state index contributed by atoms with van der Waals surface area (Å²) in [5.74, 6) is 0. The highest BCUT2D eigenvalue weighted by Gasteiger charge is 2.32. The van der Waals surface area contributed by atoms with E-state index in [1.165, 1.54) is 0 Å². The summed E-state index contributed by atoms with van der Waals surface area (Å²) in [6, 6.07) is 7.36. The Labute approximate surface area is 94.2 Å². The summed E-state index contributed by atoms with van der Waals surface area (Å²) < 4.78 is 4.81. The average molecular weight is 221 g/mol. The number of aliphatic hydroxyl groups is 1. The Balaban J connectivity index is 2.13. The third-order valence-corrected chi connectivity index (χ3v) is 2.75. The first-order valence-electron chi connectivity index (χ1n) is 5.41. The number of hydrogen-bond donors (Lipinski definition) is 2. The number of alkyl carbamates (subject to hydrolysis) is 1. The van der Waals surface area contributed by atoms with Crippen molar-refractivity contribution in [3.8, 4) is 0 Å². The summed E-state index contributed by atoms with van der Waals surface area (Å²) in [4.78, 5) is 11.3. The first kappa shape index (κ1) is 11.0. The molecular weight excluding hydrogens is 206 g/mol. The van der Waals surface area contributed by atoms with Gasteiger partial charge >= 0.3 is 6.09 Å². The number of benzene rings is 1. The van der Waals surface area contributed by atoms with Crippen molar-refractivity contribution in [3.05, 3.63) is 35.4 Å². The molecule has 0 bridgehead atoms. The maximum Gasteiger partial charge on any atom is 0.407 e. The SMILES string of the molecule is CCOC(=O)NC1c2ccccc2CC1O. The van der Waals surface area contributed by atoms with Crippen molar-refractivity contribution >= 4 is 6.09 Å². The molecule has 16 heavy (non-hydrogen) atoms. The minimum absolute atomic E-state index is 0.330. The molecule has 1 aromatic rings. The number of amides is 1. The fourth-order valence-corrected chi connectivity index (χ4v) is 2.05. The van der Waals surface area contributed by atoms with Gasteiger partial charge in [0.2, 0.25) is 0 Å². The Hall–Kier alpha value is -1.55. The topological polar surface area (TPSA) is 58.6 Å². The largest absolute Gasteiger partial charge is 0.450 e. The highest BCUT2D eigenvalue weighted by molar-refractivity contribution is 5.68. The molecule has 0 aromatic heterocycles. The molecule has 2 N–H and O–H groups in total. The maximum absolute atomic E-state index is 11.3. The first-order valence-corrected chi connectivity index (χ1v) is 5.41. The lowest BCUT2D eigenvalue weighted by molar-refractivity contribution is 0.115. The summed E-state index contributed by atoms with van der Waals surface area (Å²) in [6.07, 6.45) is -0.474. The molecule has 0 saturated heterocycles. The van der Waals surface area contributed by atoms with Gasteiger partial charge in [-0.2, -0.15) is 0 Å². The van der Waals surface area contributed by atoms with E-state index in [0.29, 0.717) is 13.0 Å². The van der Waals surface area contributed by atoms with Crippen molar-refractivity contribution in [1.82, 2.24) is 5.32 Å². The molecule has 0 fully saturated rings. The highest BCUT2D eigenvalue weighted by Crippen LogP contribution is 2.31.